The first-order chi connectivity index (χ1) is 16.1. The fraction of sp³-hybridized carbons (Fsp3) is 0.385. The van der Waals surface area contributed by atoms with E-state index in [4.69, 9.17) is 15.7 Å². The van der Waals surface area contributed by atoms with Crippen LogP contribution >= 0.6 is 0 Å². The Balaban J connectivity index is 1.42. The Hall–Kier alpha value is -3.16. The summed E-state index contributed by atoms with van der Waals surface area (Å²) in [5, 5.41) is 5.64. The third-order valence-electron chi connectivity index (χ3n) is 7.50. The van der Waals surface area contributed by atoms with Gasteiger partial charge in [0.15, 0.2) is 0 Å². The lowest BCUT2D eigenvalue weighted by atomic mass is 9.89. The average molecular weight is 442 g/mol. The average Bonchev–Trinajstić information content (AvgIpc) is 3.42. The van der Waals surface area contributed by atoms with Crippen LogP contribution in [0.15, 0.2) is 48.7 Å². The van der Waals surface area contributed by atoms with Gasteiger partial charge in [0.05, 0.1) is 17.4 Å². The molecule has 6 rings (SSSR count). The van der Waals surface area contributed by atoms with Gasteiger partial charge in [-0.3, -0.25) is 0 Å². The molecule has 3 unspecified atom stereocenters. The highest BCUT2D eigenvalue weighted by Crippen LogP contribution is 2.38. The van der Waals surface area contributed by atoms with Crippen molar-refractivity contribution in [3.8, 4) is 22.4 Å². The van der Waals surface area contributed by atoms with E-state index in [0.29, 0.717) is 5.92 Å². The number of hydrogen-bond donors (Lipinski definition) is 3. The fourth-order valence-corrected chi connectivity index (χ4v) is 5.62. The van der Waals surface area contributed by atoms with E-state index < -0.39 is 0 Å². The molecule has 0 aliphatic carbocycles. The van der Waals surface area contributed by atoms with Crippen molar-refractivity contribution in [3.05, 3.63) is 54.2 Å². The minimum absolute atomic E-state index is 0.270. The topological polar surface area (TPSA) is 82.3 Å². The monoisotopic (exact) mass is 441 g/mol. The Morgan fingerprint density at radius 3 is 2.67 bits per heavy atom. The first-order valence-corrected chi connectivity index (χ1v) is 11.9. The standard InChI is InChI=1S/C26H31N7/c1-16-22-11-18(5-8-24(22)32(2)31-16)23-14-29-26(30-25(23)17-3-6-21(27)7-4-17)33-10-9-19-12-28-13-20(19)15-33/h3-8,11,14,16,19-20,28,31H,9-10,12-13,15,27H2,1-2H3. The smallest absolute Gasteiger partial charge is 0.225 e. The number of nitrogen functional groups attached to an aromatic ring is 1. The van der Waals surface area contributed by atoms with Gasteiger partial charge in [0.25, 0.3) is 0 Å². The minimum Gasteiger partial charge on any atom is -0.399 e. The van der Waals surface area contributed by atoms with E-state index in [-0.39, 0.29) is 6.04 Å². The van der Waals surface area contributed by atoms with Crippen LogP contribution in [0.4, 0.5) is 17.3 Å². The Kier molecular flexibility index (Phi) is 4.96. The van der Waals surface area contributed by atoms with Crippen molar-refractivity contribution in [2.45, 2.75) is 19.4 Å². The van der Waals surface area contributed by atoms with Crippen molar-refractivity contribution in [3.63, 3.8) is 0 Å². The molecule has 4 heterocycles. The molecule has 2 fully saturated rings. The number of piperidine rings is 1. The number of benzene rings is 2. The molecule has 0 radical (unpaired) electrons. The Bertz CT molecular complexity index is 1180. The van der Waals surface area contributed by atoms with Crippen molar-refractivity contribution in [2.24, 2.45) is 11.8 Å². The predicted molar refractivity (Wildman–Crippen MR) is 134 cm³/mol. The normalized spacial score (nSPS) is 24.1. The second-order valence-corrected chi connectivity index (χ2v) is 9.65. The molecule has 2 saturated heterocycles. The van der Waals surface area contributed by atoms with Crippen molar-refractivity contribution in [2.75, 3.05) is 48.9 Å². The summed E-state index contributed by atoms with van der Waals surface area (Å²) in [6.45, 7) is 6.47. The van der Waals surface area contributed by atoms with E-state index in [1.54, 1.807) is 0 Å². The summed E-state index contributed by atoms with van der Waals surface area (Å²) in [4.78, 5) is 12.4. The molecule has 0 amide bonds. The second kappa shape index (κ2) is 8.01. The highest BCUT2D eigenvalue weighted by atomic mass is 15.5. The fourth-order valence-electron chi connectivity index (χ4n) is 5.62. The zero-order chi connectivity index (χ0) is 22.5. The van der Waals surface area contributed by atoms with Crippen LogP contribution in [0.1, 0.15) is 24.9 Å². The quantitative estimate of drug-likeness (QED) is 0.537. The molecule has 0 saturated carbocycles. The summed E-state index contributed by atoms with van der Waals surface area (Å²) in [7, 11) is 2.06. The number of nitrogens with zero attached hydrogens (tertiary/aromatic N) is 4. The van der Waals surface area contributed by atoms with Gasteiger partial charge in [-0.15, -0.1) is 0 Å². The Labute approximate surface area is 195 Å². The Morgan fingerprint density at radius 2 is 1.82 bits per heavy atom. The highest BCUT2D eigenvalue weighted by Gasteiger charge is 2.34. The summed E-state index contributed by atoms with van der Waals surface area (Å²) < 4.78 is 0. The van der Waals surface area contributed by atoms with E-state index in [0.717, 1.165) is 66.1 Å². The number of hydrogen-bond acceptors (Lipinski definition) is 7. The number of nitrogens with one attached hydrogen (secondary N) is 2. The first kappa shape index (κ1) is 20.4. The van der Waals surface area contributed by atoms with E-state index in [9.17, 15) is 0 Å². The van der Waals surface area contributed by atoms with Crippen molar-refractivity contribution >= 4 is 17.3 Å². The molecule has 3 aromatic rings. The maximum Gasteiger partial charge on any atom is 0.225 e. The summed E-state index contributed by atoms with van der Waals surface area (Å²) in [6, 6.07) is 14.9. The molecule has 3 aliphatic heterocycles. The lowest BCUT2D eigenvalue weighted by Gasteiger charge is -2.34. The van der Waals surface area contributed by atoms with Gasteiger partial charge in [-0.1, -0.05) is 18.2 Å². The van der Waals surface area contributed by atoms with Crippen molar-refractivity contribution in [1.82, 2.24) is 20.7 Å². The maximum atomic E-state index is 5.98. The molecular formula is C26H31N7. The van der Waals surface area contributed by atoms with Gasteiger partial charge in [0.1, 0.15) is 0 Å². The van der Waals surface area contributed by atoms with Gasteiger partial charge < -0.3 is 21.0 Å². The summed E-state index contributed by atoms with van der Waals surface area (Å²) in [6.07, 6.45) is 3.20. The molecule has 7 nitrogen and oxygen atoms in total. The molecule has 170 valence electrons. The lowest BCUT2D eigenvalue weighted by molar-refractivity contribution is 0.346. The zero-order valence-electron chi connectivity index (χ0n) is 19.3. The maximum absolute atomic E-state index is 5.98. The van der Waals surface area contributed by atoms with Gasteiger partial charge in [0, 0.05) is 43.1 Å². The third-order valence-corrected chi connectivity index (χ3v) is 7.50. The van der Waals surface area contributed by atoms with Crippen LogP contribution in [0.2, 0.25) is 0 Å². The number of anilines is 3. The van der Waals surface area contributed by atoms with Gasteiger partial charge in [-0.05, 0) is 73.7 Å². The number of hydrazine groups is 1. The van der Waals surface area contributed by atoms with Crippen LogP contribution in [-0.4, -0.2) is 43.2 Å². The zero-order valence-corrected chi connectivity index (χ0v) is 19.3. The largest absolute Gasteiger partial charge is 0.399 e. The highest BCUT2D eigenvalue weighted by molar-refractivity contribution is 5.83. The molecule has 3 aliphatic rings. The second-order valence-electron chi connectivity index (χ2n) is 9.65. The summed E-state index contributed by atoms with van der Waals surface area (Å²) in [5.74, 6) is 2.30. The summed E-state index contributed by atoms with van der Waals surface area (Å²) in [5.41, 5.74) is 16.9. The van der Waals surface area contributed by atoms with E-state index in [1.807, 2.05) is 18.3 Å². The van der Waals surface area contributed by atoms with Gasteiger partial charge in [-0.2, -0.15) is 0 Å². The van der Waals surface area contributed by atoms with Crippen LogP contribution in [0.3, 0.4) is 0 Å². The van der Waals surface area contributed by atoms with Crippen molar-refractivity contribution < 1.29 is 0 Å². The molecule has 0 bridgehead atoms. The third kappa shape index (κ3) is 3.61. The van der Waals surface area contributed by atoms with Gasteiger partial charge >= 0.3 is 0 Å². The number of fused-ring (bicyclic) bond motifs is 2. The van der Waals surface area contributed by atoms with Crippen LogP contribution < -0.4 is 26.4 Å². The molecule has 3 atom stereocenters. The van der Waals surface area contributed by atoms with Crippen LogP contribution in [0.5, 0.6) is 0 Å². The van der Waals surface area contributed by atoms with Gasteiger partial charge in [0.2, 0.25) is 5.95 Å². The van der Waals surface area contributed by atoms with Crippen LogP contribution in [0, 0.1) is 11.8 Å². The molecule has 1 aromatic heterocycles. The first-order valence-electron chi connectivity index (χ1n) is 11.9. The molecule has 33 heavy (non-hydrogen) atoms. The Morgan fingerprint density at radius 1 is 1.03 bits per heavy atom. The van der Waals surface area contributed by atoms with E-state index in [1.165, 1.54) is 17.7 Å². The van der Waals surface area contributed by atoms with E-state index >= 15 is 0 Å². The number of nitrogens with two attached hydrogens (primary N) is 1. The molecule has 0 spiro atoms. The number of rotatable bonds is 3. The predicted octanol–water partition coefficient (Wildman–Crippen LogP) is 3.45. The van der Waals surface area contributed by atoms with E-state index in [2.05, 4.69) is 65.0 Å². The van der Waals surface area contributed by atoms with Crippen molar-refractivity contribution in [1.29, 1.82) is 0 Å². The summed E-state index contributed by atoms with van der Waals surface area (Å²) >= 11 is 0. The number of aromatic nitrogens is 2. The molecule has 4 N–H and O–H groups in total. The van der Waals surface area contributed by atoms with Gasteiger partial charge in [-0.25, -0.2) is 15.4 Å². The molecule has 7 heteroatoms. The van der Waals surface area contributed by atoms with Crippen LogP contribution in [0.25, 0.3) is 22.4 Å². The lowest BCUT2D eigenvalue weighted by Crippen LogP contribution is -2.40. The molecule has 2 aromatic carbocycles. The van der Waals surface area contributed by atoms with Crippen LogP contribution in [-0.2, 0) is 0 Å². The SMILES string of the molecule is CC1NN(C)c2ccc(-c3cnc(N4CCC5CNCC5C4)nc3-c3ccc(N)cc3)cc21. The molecular weight excluding hydrogens is 410 g/mol. The minimum atomic E-state index is 0.270.